The van der Waals surface area contributed by atoms with Gasteiger partial charge in [0, 0.05) is 16.2 Å². The van der Waals surface area contributed by atoms with Gasteiger partial charge in [-0.05, 0) is 102 Å². The molecule has 1 heterocycles. The van der Waals surface area contributed by atoms with Crippen molar-refractivity contribution < 1.29 is 19.1 Å². The maximum atomic E-state index is 11.4. The molecule has 19 nitrogen and oxygen atoms in total. The van der Waals surface area contributed by atoms with Crippen molar-refractivity contribution >= 4 is 23.6 Å². The Kier molecular flexibility index (Phi) is 58.4. The van der Waals surface area contributed by atoms with Gasteiger partial charge in [0.25, 0.3) is 0 Å². The molecule has 1 aliphatic rings. The quantitative estimate of drug-likeness (QED) is 0.0819. The van der Waals surface area contributed by atoms with E-state index >= 15 is 0 Å². The highest BCUT2D eigenvalue weighted by molar-refractivity contribution is 6.01. The van der Waals surface area contributed by atoms with Gasteiger partial charge in [-0.2, -0.15) is 0 Å². The summed E-state index contributed by atoms with van der Waals surface area (Å²) in [5.74, 6) is -0.737. The number of ketones is 1. The monoisotopic (exact) mass is 612 g/mol. The number of rotatable bonds is 7. The molecule has 0 aliphatic carbocycles. The van der Waals surface area contributed by atoms with Gasteiger partial charge in [0.05, 0.1) is 5.54 Å². The number of aliphatic imine (C=N–C) groups is 1. The minimum Gasteiger partial charge on any atom is -0.410 e. The zero-order valence-corrected chi connectivity index (χ0v) is 28.2. The van der Waals surface area contributed by atoms with Crippen molar-refractivity contribution in [1.29, 1.82) is 0 Å². The lowest BCUT2D eigenvalue weighted by atomic mass is 9.97. The molecule has 2 atom stereocenters. The molecule has 0 radical (unpaired) electrons. The first-order valence-corrected chi connectivity index (χ1v) is 12.6. The summed E-state index contributed by atoms with van der Waals surface area (Å²) < 4.78 is 4.84. The Morgan fingerprint density at radius 2 is 1.24 bits per heavy atom. The van der Waals surface area contributed by atoms with Crippen molar-refractivity contribution in [1.82, 2.24) is 5.32 Å². The van der Waals surface area contributed by atoms with Crippen LogP contribution in [0, 0.1) is 0 Å². The zero-order chi connectivity index (χ0) is 36.1. The summed E-state index contributed by atoms with van der Waals surface area (Å²) in [6.45, 7) is 11.4. The van der Waals surface area contributed by atoms with Gasteiger partial charge in [-0.15, -0.1) is 0 Å². The highest BCUT2D eigenvalue weighted by Gasteiger charge is 2.38. The molecule has 42 heavy (non-hydrogen) atoms. The summed E-state index contributed by atoms with van der Waals surface area (Å²) in [4.78, 5) is 43.2. The molecule has 1 aliphatic heterocycles. The average molecular weight is 612 g/mol. The number of carbonyl (C=O) groups is 3. The van der Waals surface area contributed by atoms with Crippen LogP contribution < -0.4 is 45.5 Å². The van der Waals surface area contributed by atoms with Crippen molar-refractivity contribution in [3.05, 3.63) is 20.9 Å². The van der Waals surface area contributed by atoms with Crippen molar-refractivity contribution in [3.63, 3.8) is 0 Å². The summed E-state index contributed by atoms with van der Waals surface area (Å²) in [5, 5.41) is 9.17. The van der Waals surface area contributed by atoms with E-state index in [1.54, 1.807) is 41.5 Å². The number of nitrogens with one attached hydrogen (secondary N) is 1. The average Bonchev–Trinajstić information content (AvgIpc) is 3.31. The van der Waals surface area contributed by atoms with Crippen LogP contribution in [-0.4, -0.2) is 96.1 Å². The van der Waals surface area contributed by atoms with Gasteiger partial charge in [-0.25, -0.2) is 9.79 Å². The van der Waals surface area contributed by atoms with Crippen molar-refractivity contribution in [2.45, 2.75) is 78.0 Å². The van der Waals surface area contributed by atoms with E-state index in [4.69, 9.17) is 15.8 Å². The van der Waals surface area contributed by atoms with Crippen LogP contribution in [-0.2, 0) is 19.1 Å². The van der Waals surface area contributed by atoms with Gasteiger partial charge >= 0.3 is 5.97 Å². The largest absolute Gasteiger partial charge is 0.410 e. The van der Waals surface area contributed by atoms with E-state index in [0.717, 1.165) is 0 Å². The van der Waals surface area contributed by atoms with Crippen molar-refractivity contribution in [2.24, 2.45) is 55.4 Å². The maximum absolute atomic E-state index is 11.4. The second-order valence-electron chi connectivity index (χ2n) is 7.05. The minimum atomic E-state index is -0.912. The van der Waals surface area contributed by atoms with Gasteiger partial charge in [0.1, 0.15) is 12.1 Å². The van der Waals surface area contributed by atoms with E-state index in [0.29, 0.717) is 6.42 Å². The van der Waals surface area contributed by atoms with Gasteiger partial charge < -0.3 is 50.2 Å². The molecule has 0 aromatic carbocycles. The van der Waals surface area contributed by atoms with Crippen molar-refractivity contribution in [2.75, 3.05) is 49.3 Å². The third-order valence-corrected chi connectivity index (χ3v) is 3.73. The number of ether oxygens (including phenoxy) is 1. The zero-order valence-electron chi connectivity index (χ0n) is 28.2. The number of nitrogens with zero attached hydrogens (tertiary/aromatic N) is 7. The Morgan fingerprint density at radius 1 is 0.881 bits per heavy atom. The second kappa shape index (κ2) is 42.1. The van der Waals surface area contributed by atoms with E-state index in [2.05, 4.69) is 70.5 Å². The molecular weight excluding hydrogens is 550 g/mol. The Balaban J connectivity index is -0.0000000647. The predicted molar refractivity (Wildman–Crippen MR) is 173 cm³/mol. The summed E-state index contributed by atoms with van der Waals surface area (Å²) in [6, 6.07) is -1.34. The Morgan fingerprint density at radius 3 is 1.50 bits per heavy atom. The molecule has 252 valence electrons. The van der Waals surface area contributed by atoms with Crippen LogP contribution in [0.4, 0.5) is 0 Å². The number of cyclic esters (lactones) is 1. The number of hydrogen-bond donors (Lipinski definition) is 8. The lowest BCUT2D eigenvalue weighted by Crippen LogP contribution is -2.51. The molecule has 0 bridgehead atoms. The number of amides is 1. The van der Waals surface area contributed by atoms with E-state index in [9.17, 15) is 14.4 Å². The fraction of sp³-hybridized carbons (Fsp3) is 0.826. The molecule has 19 heteroatoms. The fourth-order valence-corrected chi connectivity index (χ4v) is 1.92. The Bertz CT molecular complexity index is 763. The van der Waals surface area contributed by atoms with Gasteiger partial charge in [0.15, 0.2) is 11.3 Å². The van der Waals surface area contributed by atoms with Crippen LogP contribution in [0.3, 0.4) is 0 Å². The van der Waals surface area contributed by atoms with Gasteiger partial charge in [-0.1, -0.05) is 17.2 Å². The molecular formula is C23H61N15O4. The highest BCUT2D eigenvalue weighted by atomic mass is 16.6. The van der Waals surface area contributed by atoms with Crippen LogP contribution >= 0.6 is 0 Å². The third kappa shape index (κ3) is 31.2. The molecule has 15 N–H and O–H groups in total. The summed E-state index contributed by atoms with van der Waals surface area (Å²) in [7, 11) is 10.5. The van der Waals surface area contributed by atoms with E-state index in [1.165, 1.54) is 56.3 Å². The molecule has 0 spiro atoms. The fourth-order valence-electron chi connectivity index (χ4n) is 1.92. The lowest BCUT2D eigenvalue weighted by Gasteiger charge is -2.25. The number of carbonyl (C=O) groups excluding carboxylic acids is 3. The molecule has 0 fully saturated rings. The van der Waals surface area contributed by atoms with Gasteiger partial charge in [0.2, 0.25) is 11.8 Å². The maximum Gasteiger partial charge on any atom is 0.340 e. The topological polar surface area (TPSA) is 364 Å². The third-order valence-electron chi connectivity index (χ3n) is 3.73. The number of nitrogens with two attached hydrogens (primary N) is 7. The molecule has 1 amide bonds. The van der Waals surface area contributed by atoms with Crippen molar-refractivity contribution in [3.8, 4) is 0 Å². The molecule has 0 saturated carbocycles. The number of azide groups is 2. The lowest BCUT2D eigenvalue weighted by molar-refractivity contribution is -0.138. The first kappa shape index (κ1) is 58.3. The van der Waals surface area contributed by atoms with E-state index in [1.807, 2.05) is 0 Å². The SMILES string of the molecule is CC(N=[N+]=[N-])C1=NC(C)(C)C(=O)O1.CCC(=O)C(C)(C)NC(=O)C(C)N=[N+]=[N-].CN.CN.CN.CN.CN.CN.CN. The van der Waals surface area contributed by atoms with Crippen LogP contribution in [0.1, 0.15) is 54.9 Å². The highest BCUT2D eigenvalue weighted by Crippen LogP contribution is 2.20. The van der Waals surface area contributed by atoms with Gasteiger partial charge in [-0.3, -0.25) is 9.59 Å². The van der Waals surface area contributed by atoms with Crippen LogP contribution in [0.5, 0.6) is 0 Å². The molecule has 0 aromatic rings. The van der Waals surface area contributed by atoms with E-state index < -0.39 is 35.0 Å². The Labute approximate surface area is 251 Å². The first-order chi connectivity index (χ1) is 19.8. The number of hydrogen-bond acceptors (Lipinski definition) is 14. The van der Waals surface area contributed by atoms with Crippen LogP contribution in [0.2, 0.25) is 0 Å². The van der Waals surface area contributed by atoms with E-state index in [-0.39, 0.29) is 11.7 Å². The summed E-state index contributed by atoms with van der Waals surface area (Å²) in [6.07, 6.45) is 0.350. The number of esters is 1. The summed E-state index contributed by atoms with van der Waals surface area (Å²) >= 11 is 0. The standard InChI is InChI=1S/C9H16N4O2.C7H10N4O2.7CH5N/c1-5-7(14)9(3,4)11-8(15)6(2)12-13-10;1-4(10-11-8)5-9-7(2,3)6(12)13-5;7*1-2/h6H,5H2,1-4H3,(H,11,15);4H,1-3H3;7*2H2,1H3. The van der Waals surface area contributed by atoms with Crippen LogP contribution in [0.25, 0.3) is 20.9 Å². The Hall–Kier alpha value is -3.38. The minimum absolute atomic E-state index is 0.0658. The number of Topliss-reactive ketones (excluding diaryl/α,β-unsaturated/α-hetero) is 1. The first-order valence-electron chi connectivity index (χ1n) is 12.6. The molecule has 0 saturated heterocycles. The molecule has 0 aromatic heterocycles. The van der Waals surface area contributed by atoms with Crippen LogP contribution in [0.15, 0.2) is 15.2 Å². The molecule has 2 unspecified atom stereocenters. The summed E-state index contributed by atoms with van der Waals surface area (Å²) in [5.41, 5.74) is 46.0. The second-order valence-corrected chi connectivity index (χ2v) is 7.05. The molecule has 1 rings (SSSR count). The normalized spacial score (nSPS) is 12.1. The predicted octanol–water partition coefficient (Wildman–Crippen LogP) is 0.00250. The smallest absolute Gasteiger partial charge is 0.340 e.